The lowest BCUT2D eigenvalue weighted by molar-refractivity contribution is -0.671. The molecule has 1 aromatic heterocycles. The number of halogens is 3. The zero-order valence-electron chi connectivity index (χ0n) is 25.6. The number of benzene rings is 3. The number of thioether (sulfide) groups is 3. The number of aryl methyl sites for hydroxylation is 1. The van der Waals surface area contributed by atoms with Gasteiger partial charge in [-0.3, -0.25) is 14.5 Å². The SMILES string of the molecule is C[n+]1ccc(SCC2=C(C(=O)OC(c3ccccc3)c3ccccc3)N3C(=O)[C@H](NC(=O)CSc4cc(Cl)ccc4Cl)[C@H]3SC2)cc1.[I-]. The Balaban J connectivity index is 0.00000451. The van der Waals surface area contributed by atoms with Crippen LogP contribution >= 0.6 is 58.5 Å². The van der Waals surface area contributed by atoms with Gasteiger partial charge in [0.15, 0.2) is 18.5 Å². The van der Waals surface area contributed by atoms with Crippen molar-refractivity contribution in [2.75, 3.05) is 17.3 Å². The topological polar surface area (TPSA) is 79.6 Å². The molecule has 2 aliphatic rings. The molecule has 0 bridgehead atoms. The third kappa shape index (κ3) is 8.54. The van der Waals surface area contributed by atoms with E-state index in [0.29, 0.717) is 26.4 Å². The molecule has 2 aliphatic heterocycles. The molecule has 2 amide bonds. The summed E-state index contributed by atoms with van der Waals surface area (Å²) >= 11 is 16.7. The van der Waals surface area contributed by atoms with Gasteiger partial charge < -0.3 is 34.0 Å². The number of nitrogens with one attached hydrogen (secondary N) is 1. The van der Waals surface area contributed by atoms with E-state index in [-0.39, 0.29) is 47.2 Å². The summed E-state index contributed by atoms with van der Waals surface area (Å²) in [5.41, 5.74) is 2.69. The summed E-state index contributed by atoms with van der Waals surface area (Å²) in [6.45, 7) is 0. The molecule has 0 unspecified atom stereocenters. The summed E-state index contributed by atoms with van der Waals surface area (Å²) in [5.74, 6) is -0.182. The van der Waals surface area contributed by atoms with E-state index < -0.39 is 23.5 Å². The molecule has 13 heteroatoms. The van der Waals surface area contributed by atoms with Gasteiger partial charge in [-0.15, -0.1) is 35.3 Å². The number of ether oxygens (including phenoxy) is 1. The Bertz CT molecular complexity index is 1780. The molecule has 0 spiro atoms. The summed E-state index contributed by atoms with van der Waals surface area (Å²) < 4.78 is 8.21. The predicted octanol–water partition coefficient (Wildman–Crippen LogP) is 3.69. The molecular formula is C35H30Cl2IN3O4S3. The first-order valence-corrected chi connectivity index (χ1v) is 18.5. The van der Waals surface area contributed by atoms with Crippen molar-refractivity contribution in [2.24, 2.45) is 7.05 Å². The van der Waals surface area contributed by atoms with Crippen molar-refractivity contribution < 1.29 is 47.7 Å². The fourth-order valence-corrected chi connectivity index (χ4v) is 8.90. The molecule has 248 valence electrons. The Morgan fingerprint density at radius 1 is 0.979 bits per heavy atom. The van der Waals surface area contributed by atoms with Crippen LogP contribution in [-0.4, -0.2) is 51.4 Å². The molecule has 6 rings (SSSR count). The number of nitrogens with zero attached hydrogens (tertiary/aromatic N) is 2. The number of fused-ring (bicyclic) bond motifs is 1. The number of hydrogen-bond acceptors (Lipinski definition) is 7. The van der Waals surface area contributed by atoms with Crippen LogP contribution in [0.25, 0.3) is 0 Å². The van der Waals surface area contributed by atoms with Crippen molar-refractivity contribution in [2.45, 2.75) is 27.3 Å². The van der Waals surface area contributed by atoms with E-state index >= 15 is 0 Å². The summed E-state index contributed by atoms with van der Waals surface area (Å²) in [6, 6.07) is 27.4. The Labute approximate surface area is 319 Å². The smallest absolute Gasteiger partial charge is 0.356 e. The monoisotopic (exact) mass is 849 g/mol. The number of β-lactam (4-membered cyclic amide) rings is 1. The lowest BCUT2D eigenvalue weighted by atomic mass is 10.0. The van der Waals surface area contributed by atoms with Gasteiger partial charge in [-0.25, -0.2) is 9.36 Å². The highest BCUT2D eigenvalue weighted by atomic mass is 127. The zero-order valence-corrected chi connectivity index (χ0v) is 31.7. The Morgan fingerprint density at radius 2 is 1.62 bits per heavy atom. The first-order chi connectivity index (χ1) is 22.8. The number of carbonyl (C=O) groups excluding carboxylic acids is 3. The van der Waals surface area contributed by atoms with Gasteiger partial charge in [0.1, 0.15) is 24.2 Å². The Morgan fingerprint density at radius 3 is 2.27 bits per heavy atom. The van der Waals surface area contributed by atoms with Crippen LogP contribution in [0.15, 0.2) is 124 Å². The van der Waals surface area contributed by atoms with E-state index in [1.807, 2.05) is 96.8 Å². The highest BCUT2D eigenvalue weighted by molar-refractivity contribution is 8.01. The van der Waals surface area contributed by atoms with Gasteiger partial charge in [0.25, 0.3) is 5.91 Å². The van der Waals surface area contributed by atoms with Crippen LogP contribution in [0.1, 0.15) is 17.2 Å². The van der Waals surface area contributed by atoms with Crippen LogP contribution in [0.2, 0.25) is 10.0 Å². The lowest BCUT2D eigenvalue weighted by Crippen LogP contribution is -3.00. The third-order valence-corrected chi connectivity index (χ3v) is 11.8. The van der Waals surface area contributed by atoms with Crippen molar-refractivity contribution >= 4 is 76.3 Å². The van der Waals surface area contributed by atoms with Gasteiger partial charge in [0.2, 0.25) is 5.91 Å². The van der Waals surface area contributed by atoms with Gasteiger partial charge in [-0.2, -0.15) is 0 Å². The quantitative estimate of drug-likeness (QED) is 0.0812. The average molecular weight is 851 g/mol. The van der Waals surface area contributed by atoms with Gasteiger partial charge >= 0.3 is 5.97 Å². The molecule has 3 heterocycles. The maximum atomic E-state index is 14.2. The van der Waals surface area contributed by atoms with E-state index in [1.54, 1.807) is 30.0 Å². The first kappa shape index (κ1) is 36.6. The van der Waals surface area contributed by atoms with E-state index in [0.717, 1.165) is 21.6 Å². The van der Waals surface area contributed by atoms with E-state index in [9.17, 15) is 14.4 Å². The van der Waals surface area contributed by atoms with Crippen LogP contribution in [0.4, 0.5) is 0 Å². The zero-order chi connectivity index (χ0) is 32.9. The molecule has 0 radical (unpaired) electrons. The Kier molecular flexibility index (Phi) is 12.8. The van der Waals surface area contributed by atoms with Crippen LogP contribution in [0.5, 0.6) is 0 Å². The minimum Gasteiger partial charge on any atom is -1.00 e. The Hall–Kier alpha value is -2.68. The van der Waals surface area contributed by atoms with Crippen molar-refractivity contribution in [3.63, 3.8) is 0 Å². The second kappa shape index (κ2) is 16.8. The summed E-state index contributed by atoms with van der Waals surface area (Å²) in [4.78, 5) is 44.1. The molecule has 3 aromatic carbocycles. The molecule has 2 atom stereocenters. The number of amides is 2. The fraction of sp³-hybridized carbons (Fsp3) is 0.200. The summed E-state index contributed by atoms with van der Waals surface area (Å²) in [7, 11) is 1.95. The molecular weight excluding hydrogens is 820 g/mol. The first-order valence-electron chi connectivity index (χ1n) is 14.7. The summed E-state index contributed by atoms with van der Waals surface area (Å²) in [6.07, 6.45) is 3.26. The van der Waals surface area contributed by atoms with Crippen LogP contribution in [-0.2, 0) is 26.2 Å². The van der Waals surface area contributed by atoms with Gasteiger partial charge in [-0.05, 0) is 34.9 Å². The average Bonchev–Trinajstić information content (AvgIpc) is 3.09. The second-order valence-corrected chi connectivity index (χ2v) is 14.9. The maximum Gasteiger partial charge on any atom is 0.356 e. The molecule has 48 heavy (non-hydrogen) atoms. The number of carbonyl (C=O) groups is 3. The van der Waals surface area contributed by atoms with Crippen molar-refractivity contribution in [3.05, 3.63) is 136 Å². The van der Waals surface area contributed by atoms with Crippen molar-refractivity contribution in [3.8, 4) is 0 Å². The van der Waals surface area contributed by atoms with E-state index in [4.69, 9.17) is 27.9 Å². The number of hydrogen-bond donors (Lipinski definition) is 1. The minimum absolute atomic E-state index is 0. The lowest BCUT2D eigenvalue weighted by Gasteiger charge is -2.49. The van der Waals surface area contributed by atoms with Crippen molar-refractivity contribution in [1.82, 2.24) is 10.2 Å². The van der Waals surface area contributed by atoms with Gasteiger partial charge in [0, 0.05) is 38.5 Å². The standard InChI is InChI=1S/C35H29Cl2N3O4S3.HI/c1-39-16-14-26(15-17-39)45-19-24-20-47-34-30(38-29(41)21-46-28-18-25(36)12-13-27(28)37)33(42)40(34)31(24)35(43)44-32(22-8-4-2-5-9-22)23-10-6-3-7-11-23;/h2-18,30,32,34H,19-21H2,1H3;1H/t30-,34+;/m0./s1. The molecule has 1 N–H and O–H groups in total. The number of aromatic nitrogens is 1. The minimum atomic E-state index is -0.770. The fourth-order valence-electron chi connectivity index (χ4n) is 5.23. The van der Waals surface area contributed by atoms with Gasteiger partial charge in [0.05, 0.1) is 10.8 Å². The predicted molar refractivity (Wildman–Crippen MR) is 188 cm³/mol. The highest BCUT2D eigenvalue weighted by Gasteiger charge is 2.54. The number of pyridine rings is 1. The van der Waals surface area contributed by atoms with Crippen LogP contribution in [0, 0.1) is 0 Å². The number of esters is 1. The van der Waals surface area contributed by atoms with Crippen molar-refractivity contribution in [1.29, 1.82) is 0 Å². The molecule has 0 aliphatic carbocycles. The maximum absolute atomic E-state index is 14.2. The molecule has 4 aromatic rings. The molecule has 1 fully saturated rings. The van der Waals surface area contributed by atoms with E-state index in [1.165, 1.54) is 28.4 Å². The third-order valence-electron chi connectivity index (χ3n) is 7.60. The van der Waals surface area contributed by atoms with Crippen LogP contribution < -0.4 is 33.9 Å². The highest BCUT2D eigenvalue weighted by Crippen LogP contribution is 2.43. The van der Waals surface area contributed by atoms with Gasteiger partial charge in [-0.1, -0.05) is 83.9 Å². The second-order valence-electron chi connectivity index (χ2n) is 10.9. The summed E-state index contributed by atoms with van der Waals surface area (Å²) in [5, 5.41) is 3.44. The molecule has 7 nitrogen and oxygen atoms in total. The normalized spacial score (nSPS) is 16.9. The molecule has 0 saturated carbocycles. The van der Waals surface area contributed by atoms with E-state index in [2.05, 4.69) is 5.32 Å². The largest absolute Gasteiger partial charge is 1.00 e. The number of rotatable bonds is 11. The van der Waals surface area contributed by atoms with Crippen LogP contribution in [0.3, 0.4) is 0 Å². The molecule has 1 saturated heterocycles.